The number of rotatable bonds is 6. The van der Waals surface area contributed by atoms with Gasteiger partial charge in [-0.15, -0.1) is 0 Å². The van der Waals surface area contributed by atoms with Gasteiger partial charge in [0, 0.05) is 11.9 Å². The lowest BCUT2D eigenvalue weighted by Crippen LogP contribution is -2.37. The quantitative estimate of drug-likeness (QED) is 0.637. The molecular formula is C24H26N2O3. The number of ether oxygens (including phenoxy) is 1. The Morgan fingerprint density at radius 3 is 2.38 bits per heavy atom. The molecule has 0 unspecified atom stereocenters. The third-order valence-electron chi connectivity index (χ3n) is 5.14. The molecule has 0 radical (unpaired) electrons. The summed E-state index contributed by atoms with van der Waals surface area (Å²) >= 11 is 0. The molecule has 5 nitrogen and oxygen atoms in total. The number of aromatic nitrogens is 1. The minimum atomic E-state index is -0.893. The molecule has 0 aliphatic carbocycles. The average molecular weight is 390 g/mol. The van der Waals surface area contributed by atoms with E-state index in [1.165, 1.54) is 0 Å². The lowest BCUT2D eigenvalue weighted by molar-refractivity contribution is -0.129. The van der Waals surface area contributed by atoms with Crippen LogP contribution < -0.4 is 5.32 Å². The molecule has 0 fully saturated rings. The van der Waals surface area contributed by atoms with E-state index in [2.05, 4.69) is 10.3 Å². The molecule has 150 valence electrons. The Labute approximate surface area is 171 Å². The van der Waals surface area contributed by atoms with E-state index >= 15 is 0 Å². The molecule has 0 aliphatic rings. The summed E-state index contributed by atoms with van der Waals surface area (Å²) in [6, 6.07) is 17.6. The van der Waals surface area contributed by atoms with E-state index in [1.54, 1.807) is 13.8 Å². The second kappa shape index (κ2) is 8.86. The predicted molar refractivity (Wildman–Crippen MR) is 114 cm³/mol. The van der Waals surface area contributed by atoms with Gasteiger partial charge in [-0.25, -0.2) is 4.79 Å². The standard InChI is InChI=1S/C24H26N2O3/c1-15(19-10-6-5-7-11-19)14-25-23(27)18(4)29-24(28)22-16(2)20-12-8-9-13-21(20)26-17(22)3/h5-13,15,18H,14H2,1-4H3,(H,25,27)/t15-,18-/m1/s1. The van der Waals surface area contributed by atoms with E-state index < -0.39 is 12.1 Å². The van der Waals surface area contributed by atoms with Crippen molar-refractivity contribution in [3.8, 4) is 0 Å². The highest BCUT2D eigenvalue weighted by atomic mass is 16.5. The molecule has 0 bridgehead atoms. The van der Waals surface area contributed by atoms with Gasteiger partial charge in [0.25, 0.3) is 5.91 Å². The smallest absolute Gasteiger partial charge is 0.341 e. The molecule has 1 heterocycles. The summed E-state index contributed by atoms with van der Waals surface area (Å²) in [6.45, 7) is 7.75. The van der Waals surface area contributed by atoms with Gasteiger partial charge in [0.1, 0.15) is 0 Å². The van der Waals surface area contributed by atoms with E-state index in [1.807, 2.05) is 68.4 Å². The zero-order valence-corrected chi connectivity index (χ0v) is 17.2. The first kappa shape index (κ1) is 20.5. The Bertz CT molecular complexity index is 1030. The van der Waals surface area contributed by atoms with Crippen LogP contribution in [-0.2, 0) is 9.53 Å². The highest BCUT2D eigenvalue weighted by Crippen LogP contribution is 2.23. The van der Waals surface area contributed by atoms with Crippen molar-refractivity contribution in [1.29, 1.82) is 0 Å². The molecule has 1 N–H and O–H groups in total. The topological polar surface area (TPSA) is 68.3 Å². The van der Waals surface area contributed by atoms with Crippen LogP contribution in [-0.4, -0.2) is 29.5 Å². The van der Waals surface area contributed by atoms with Crippen molar-refractivity contribution in [2.75, 3.05) is 6.54 Å². The maximum Gasteiger partial charge on any atom is 0.341 e. The van der Waals surface area contributed by atoms with E-state index in [-0.39, 0.29) is 11.8 Å². The number of para-hydroxylation sites is 1. The van der Waals surface area contributed by atoms with Gasteiger partial charge in [0.2, 0.25) is 0 Å². The summed E-state index contributed by atoms with van der Waals surface area (Å²) in [5.74, 6) is -0.681. The van der Waals surface area contributed by atoms with Crippen molar-refractivity contribution >= 4 is 22.8 Å². The molecule has 29 heavy (non-hydrogen) atoms. The van der Waals surface area contributed by atoms with Crippen LogP contribution in [0.3, 0.4) is 0 Å². The van der Waals surface area contributed by atoms with Crippen LogP contribution >= 0.6 is 0 Å². The normalized spacial score (nSPS) is 13.0. The third-order valence-corrected chi connectivity index (χ3v) is 5.14. The van der Waals surface area contributed by atoms with Crippen molar-refractivity contribution in [3.63, 3.8) is 0 Å². The molecule has 5 heteroatoms. The highest BCUT2D eigenvalue weighted by Gasteiger charge is 2.23. The van der Waals surface area contributed by atoms with Crippen LogP contribution in [0.5, 0.6) is 0 Å². The maximum absolute atomic E-state index is 12.8. The lowest BCUT2D eigenvalue weighted by Gasteiger charge is -2.18. The van der Waals surface area contributed by atoms with Crippen LogP contribution in [0.4, 0.5) is 0 Å². The number of aryl methyl sites for hydroxylation is 2. The summed E-state index contributed by atoms with van der Waals surface area (Å²) in [7, 11) is 0. The van der Waals surface area contributed by atoms with Crippen LogP contribution in [0, 0.1) is 13.8 Å². The predicted octanol–water partition coefficient (Wildman–Crippen LogP) is 4.32. The second-order valence-corrected chi connectivity index (χ2v) is 7.32. The number of esters is 1. The molecule has 3 rings (SSSR count). The Kier molecular flexibility index (Phi) is 6.27. The van der Waals surface area contributed by atoms with E-state index in [4.69, 9.17) is 4.74 Å². The van der Waals surface area contributed by atoms with E-state index in [0.29, 0.717) is 17.8 Å². The fourth-order valence-electron chi connectivity index (χ4n) is 3.40. The fraction of sp³-hybridized carbons (Fsp3) is 0.292. The lowest BCUT2D eigenvalue weighted by atomic mass is 10.0. The molecule has 3 aromatic rings. The Hall–Kier alpha value is -3.21. The fourth-order valence-corrected chi connectivity index (χ4v) is 3.40. The van der Waals surface area contributed by atoms with Crippen molar-refractivity contribution in [3.05, 3.63) is 77.0 Å². The summed E-state index contributed by atoms with van der Waals surface area (Å²) in [5, 5.41) is 3.77. The average Bonchev–Trinajstić information content (AvgIpc) is 2.72. The van der Waals surface area contributed by atoms with Gasteiger partial charge in [-0.3, -0.25) is 9.78 Å². The van der Waals surface area contributed by atoms with Gasteiger partial charge < -0.3 is 10.1 Å². The molecule has 1 aromatic heterocycles. The van der Waals surface area contributed by atoms with E-state index in [9.17, 15) is 9.59 Å². The van der Waals surface area contributed by atoms with Gasteiger partial charge >= 0.3 is 5.97 Å². The highest BCUT2D eigenvalue weighted by molar-refractivity contribution is 5.99. The van der Waals surface area contributed by atoms with Crippen molar-refractivity contribution in [2.24, 2.45) is 0 Å². The van der Waals surface area contributed by atoms with Crippen molar-refractivity contribution < 1.29 is 14.3 Å². The van der Waals surface area contributed by atoms with Crippen LogP contribution in [0.1, 0.15) is 46.9 Å². The van der Waals surface area contributed by atoms with Gasteiger partial charge in [-0.1, -0.05) is 55.5 Å². The first-order chi connectivity index (χ1) is 13.9. The minimum absolute atomic E-state index is 0.164. The van der Waals surface area contributed by atoms with Gasteiger partial charge in [0.15, 0.2) is 6.10 Å². The molecule has 0 aliphatic heterocycles. The molecule has 1 amide bonds. The Balaban J connectivity index is 1.66. The number of amides is 1. The molecule has 0 spiro atoms. The molecule has 0 saturated carbocycles. The number of nitrogens with one attached hydrogen (secondary N) is 1. The first-order valence-electron chi connectivity index (χ1n) is 9.78. The summed E-state index contributed by atoms with van der Waals surface area (Å²) < 4.78 is 5.46. The summed E-state index contributed by atoms with van der Waals surface area (Å²) in [4.78, 5) is 29.7. The number of pyridine rings is 1. The zero-order valence-electron chi connectivity index (χ0n) is 17.2. The van der Waals surface area contributed by atoms with Crippen molar-refractivity contribution in [1.82, 2.24) is 10.3 Å². The number of nitrogens with zero attached hydrogens (tertiary/aromatic N) is 1. The van der Waals surface area contributed by atoms with Gasteiger partial charge in [-0.2, -0.15) is 0 Å². The first-order valence-corrected chi connectivity index (χ1v) is 9.78. The van der Waals surface area contributed by atoms with E-state index in [0.717, 1.165) is 22.0 Å². The number of benzene rings is 2. The summed E-state index contributed by atoms with van der Waals surface area (Å²) in [5.41, 5.74) is 3.80. The summed E-state index contributed by atoms with van der Waals surface area (Å²) in [6.07, 6.45) is -0.893. The third kappa shape index (κ3) is 4.62. The molecular weight excluding hydrogens is 364 g/mol. The molecule has 2 atom stereocenters. The number of hydrogen-bond donors (Lipinski definition) is 1. The number of fused-ring (bicyclic) bond motifs is 1. The Morgan fingerprint density at radius 1 is 1.00 bits per heavy atom. The number of hydrogen-bond acceptors (Lipinski definition) is 4. The molecule has 0 saturated heterocycles. The number of carbonyl (C=O) groups excluding carboxylic acids is 2. The number of carbonyl (C=O) groups is 2. The van der Waals surface area contributed by atoms with Gasteiger partial charge in [-0.05, 0) is 43.9 Å². The monoisotopic (exact) mass is 390 g/mol. The molecule has 2 aromatic carbocycles. The maximum atomic E-state index is 12.8. The van der Waals surface area contributed by atoms with Crippen LogP contribution in [0.25, 0.3) is 10.9 Å². The van der Waals surface area contributed by atoms with Crippen molar-refractivity contribution in [2.45, 2.75) is 39.7 Å². The Morgan fingerprint density at radius 2 is 1.66 bits per heavy atom. The second-order valence-electron chi connectivity index (χ2n) is 7.32. The van der Waals surface area contributed by atoms with Gasteiger partial charge in [0.05, 0.1) is 16.8 Å². The van der Waals surface area contributed by atoms with Crippen LogP contribution in [0.2, 0.25) is 0 Å². The SMILES string of the molecule is Cc1nc2ccccc2c(C)c1C(=O)O[C@H](C)C(=O)NC[C@@H](C)c1ccccc1. The van der Waals surface area contributed by atoms with Crippen LogP contribution in [0.15, 0.2) is 54.6 Å². The largest absolute Gasteiger partial charge is 0.449 e. The minimum Gasteiger partial charge on any atom is -0.449 e. The zero-order chi connectivity index (χ0) is 21.0.